The molecule has 1 aliphatic heterocycles. The molecule has 0 spiro atoms. The Hall–Kier alpha value is -4.12. The maximum absolute atomic E-state index is 12.9. The number of carbonyl (C=O) groups excluding carboxylic acids is 1. The van der Waals surface area contributed by atoms with Gasteiger partial charge in [0.05, 0.1) is 23.0 Å². The van der Waals surface area contributed by atoms with Crippen molar-refractivity contribution < 1.29 is 19.2 Å². The van der Waals surface area contributed by atoms with Gasteiger partial charge in [0.2, 0.25) is 5.88 Å². The summed E-state index contributed by atoms with van der Waals surface area (Å²) in [5.74, 6) is -1.97. The van der Waals surface area contributed by atoms with Gasteiger partial charge < -0.3 is 15.2 Å². The van der Waals surface area contributed by atoms with E-state index in [2.05, 4.69) is 0 Å². The molecular formula is C21H17N3O5. The van der Waals surface area contributed by atoms with Gasteiger partial charge in [-0.25, -0.2) is 4.79 Å². The van der Waals surface area contributed by atoms with Crippen molar-refractivity contribution in [3.63, 3.8) is 0 Å². The molecule has 0 bridgehead atoms. The molecule has 146 valence electrons. The Morgan fingerprint density at radius 2 is 1.90 bits per heavy atom. The first-order valence-corrected chi connectivity index (χ1v) is 8.77. The molecule has 2 aromatic rings. The summed E-state index contributed by atoms with van der Waals surface area (Å²) in [5.41, 5.74) is 6.31. The van der Waals surface area contributed by atoms with Gasteiger partial charge in [-0.15, -0.1) is 0 Å². The summed E-state index contributed by atoms with van der Waals surface area (Å²) in [7, 11) is 0. The van der Waals surface area contributed by atoms with E-state index in [4.69, 9.17) is 15.2 Å². The first-order chi connectivity index (χ1) is 14.0. The van der Waals surface area contributed by atoms with Gasteiger partial charge in [-0.2, -0.15) is 5.26 Å². The normalized spacial score (nSPS) is 16.1. The topological polar surface area (TPSA) is 128 Å². The zero-order valence-electron chi connectivity index (χ0n) is 15.5. The van der Waals surface area contributed by atoms with Crippen LogP contribution in [0.3, 0.4) is 0 Å². The molecule has 0 fully saturated rings. The molecule has 0 aliphatic carbocycles. The van der Waals surface area contributed by atoms with E-state index in [0.717, 1.165) is 0 Å². The smallest absolute Gasteiger partial charge is 0.338 e. The fraction of sp³-hybridized carbons (Fsp3) is 0.143. The van der Waals surface area contributed by atoms with Gasteiger partial charge in [0.1, 0.15) is 17.4 Å². The summed E-state index contributed by atoms with van der Waals surface area (Å²) in [5, 5.41) is 21.3. The number of carbonyl (C=O) groups is 1. The first kappa shape index (κ1) is 19.6. The molecule has 8 heteroatoms. The Bertz CT molecular complexity index is 1070. The SMILES string of the molecule is CCOC(=O)C1=C(c2ccccc2)OC(N)=C(C#N)[C@@H]1c1ccccc1[N+](=O)[O-]. The van der Waals surface area contributed by atoms with Crippen LogP contribution < -0.4 is 5.73 Å². The van der Waals surface area contributed by atoms with Crippen molar-refractivity contribution in [1.29, 1.82) is 5.26 Å². The van der Waals surface area contributed by atoms with E-state index in [9.17, 15) is 20.2 Å². The van der Waals surface area contributed by atoms with Crippen molar-refractivity contribution in [2.24, 2.45) is 5.73 Å². The van der Waals surface area contributed by atoms with Crippen molar-refractivity contribution in [1.82, 2.24) is 0 Å². The number of nitro benzene ring substituents is 1. The third-order valence-corrected chi connectivity index (χ3v) is 4.40. The molecule has 29 heavy (non-hydrogen) atoms. The van der Waals surface area contributed by atoms with E-state index in [1.54, 1.807) is 43.3 Å². The molecule has 0 unspecified atom stereocenters. The van der Waals surface area contributed by atoms with Gasteiger partial charge >= 0.3 is 5.97 Å². The van der Waals surface area contributed by atoms with E-state index in [-0.39, 0.29) is 40.6 Å². The van der Waals surface area contributed by atoms with Gasteiger partial charge in [-0.3, -0.25) is 10.1 Å². The molecule has 8 nitrogen and oxygen atoms in total. The maximum atomic E-state index is 12.9. The van der Waals surface area contributed by atoms with E-state index >= 15 is 0 Å². The minimum Gasteiger partial charge on any atom is -0.463 e. The number of esters is 1. The number of nitrogens with two attached hydrogens (primary N) is 1. The molecule has 0 saturated carbocycles. The highest BCUT2D eigenvalue weighted by molar-refractivity contribution is 6.00. The lowest BCUT2D eigenvalue weighted by Gasteiger charge is -2.28. The molecule has 0 aromatic heterocycles. The van der Waals surface area contributed by atoms with Crippen LogP contribution in [-0.4, -0.2) is 17.5 Å². The van der Waals surface area contributed by atoms with Crippen LogP contribution in [-0.2, 0) is 14.3 Å². The van der Waals surface area contributed by atoms with Crippen LogP contribution in [0.25, 0.3) is 5.76 Å². The van der Waals surface area contributed by atoms with E-state index in [1.807, 2.05) is 6.07 Å². The Morgan fingerprint density at radius 1 is 1.24 bits per heavy atom. The molecule has 1 atom stereocenters. The first-order valence-electron chi connectivity index (χ1n) is 8.77. The van der Waals surface area contributed by atoms with E-state index < -0.39 is 16.8 Å². The number of rotatable bonds is 5. The summed E-state index contributed by atoms with van der Waals surface area (Å²) in [6.45, 7) is 1.72. The average Bonchev–Trinajstić information content (AvgIpc) is 2.73. The third kappa shape index (κ3) is 3.66. The van der Waals surface area contributed by atoms with Crippen LogP contribution in [0.15, 0.2) is 71.6 Å². The Balaban J connectivity index is 2.35. The van der Waals surface area contributed by atoms with E-state index in [0.29, 0.717) is 5.56 Å². The zero-order chi connectivity index (χ0) is 21.0. The lowest BCUT2D eigenvalue weighted by atomic mass is 9.81. The number of nitrogens with zero attached hydrogens (tertiary/aromatic N) is 2. The van der Waals surface area contributed by atoms with Crippen molar-refractivity contribution in [3.8, 4) is 6.07 Å². The second kappa shape index (κ2) is 8.27. The zero-order valence-corrected chi connectivity index (χ0v) is 15.5. The highest BCUT2D eigenvalue weighted by Crippen LogP contribution is 2.45. The van der Waals surface area contributed by atoms with Crippen LogP contribution >= 0.6 is 0 Å². The van der Waals surface area contributed by atoms with Gasteiger partial charge in [0.25, 0.3) is 5.69 Å². The van der Waals surface area contributed by atoms with E-state index in [1.165, 1.54) is 18.2 Å². The minimum absolute atomic E-state index is 0.0156. The predicted octanol–water partition coefficient (Wildman–Crippen LogP) is 3.38. The predicted molar refractivity (Wildman–Crippen MR) is 104 cm³/mol. The van der Waals surface area contributed by atoms with Crippen molar-refractivity contribution >= 4 is 17.4 Å². The fourth-order valence-electron chi connectivity index (χ4n) is 3.19. The van der Waals surface area contributed by atoms with Crippen LogP contribution in [0.1, 0.15) is 24.0 Å². The Morgan fingerprint density at radius 3 is 2.52 bits per heavy atom. The van der Waals surface area contributed by atoms with Crippen LogP contribution in [0.4, 0.5) is 5.69 Å². The Kier molecular flexibility index (Phi) is 5.60. The number of allylic oxidation sites excluding steroid dienone is 1. The van der Waals surface area contributed by atoms with Crippen LogP contribution in [0.5, 0.6) is 0 Å². The van der Waals surface area contributed by atoms with Crippen molar-refractivity contribution in [2.45, 2.75) is 12.8 Å². The largest absolute Gasteiger partial charge is 0.463 e. The number of hydrogen-bond donors (Lipinski definition) is 1. The summed E-state index contributed by atoms with van der Waals surface area (Å²) >= 11 is 0. The molecule has 2 aromatic carbocycles. The summed E-state index contributed by atoms with van der Waals surface area (Å²) < 4.78 is 10.8. The maximum Gasteiger partial charge on any atom is 0.338 e. The fourth-order valence-corrected chi connectivity index (χ4v) is 3.19. The molecule has 1 aliphatic rings. The number of para-hydroxylation sites is 1. The second-order valence-electron chi connectivity index (χ2n) is 6.07. The van der Waals surface area contributed by atoms with Gasteiger partial charge in [-0.1, -0.05) is 48.5 Å². The van der Waals surface area contributed by atoms with Crippen LogP contribution in [0, 0.1) is 21.4 Å². The molecule has 2 N–H and O–H groups in total. The van der Waals surface area contributed by atoms with Crippen molar-refractivity contribution in [2.75, 3.05) is 6.61 Å². The average molecular weight is 391 g/mol. The quantitative estimate of drug-likeness (QED) is 0.470. The Labute approximate surface area is 166 Å². The summed E-state index contributed by atoms with van der Waals surface area (Å²) in [6.07, 6.45) is 0. The lowest BCUT2D eigenvalue weighted by Crippen LogP contribution is -2.26. The molecule has 1 heterocycles. The number of benzene rings is 2. The molecule has 3 rings (SSSR count). The van der Waals surface area contributed by atoms with Crippen LogP contribution in [0.2, 0.25) is 0 Å². The standard InChI is InChI=1S/C21H17N3O5/c1-2-28-21(25)18-17(14-10-6-7-11-16(14)24(26)27)15(12-22)20(23)29-19(18)13-8-4-3-5-9-13/h3-11,17H,2,23H2,1H3/t17-/m0/s1. The number of hydrogen-bond acceptors (Lipinski definition) is 7. The summed E-state index contributed by atoms with van der Waals surface area (Å²) in [6, 6.07) is 16.5. The molecule has 0 radical (unpaired) electrons. The minimum atomic E-state index is -1.11. The summed E-state index contributed by atoms with van der Waals surface area (Å²) in [4.78, 5) is 24.0. The molecule has 0 saturated heterocycles. The van der Waals surface area contributed by atoms with Crippen molar-refractivity contribution in [3.05, 3.63) is 92.9 Å². The van der Waals surface area contributed by atoms with Gasteiger partial charge in [0, 0.05) is 17.2 Å². The second-order valence-corrected chi connectivity index (χ2v) is 6.07. The molecule has 0 amide bonds. The number of nitro groups is 1. The highest BCUT2D eigenvalue weighted by Gasteiger charge is 2.40. The molecular weight excluding hydrogens is 374 g/mol. The monoisotopic (exact) mass is 391 g/mol. The number of nitriles is 1. The number of ether oxygens (including phenoxy) is 2. The highest BCUT2D eigenvalue weighted by atomic mass is 16.6. The van der Waals surface area contributed by atoms with Gasteiger partial charge in [0.15, 0.2) is 0 Å². The lowest BCUT2D eigenvalue weighted by molar-refractivity contribution is -0.385. The van der Waals surface area contributed by atoms with Gasteiger partial charge in [-0.05, 0) is 6.92 Å². The third-order valence-electron chi connectivity index (χ3n) is 4.40.